The fourth-order valence-electron chi connectivity index (χ4n) is 5.01. The van der Waals surface area contributed by atoms with Gasteiger partial charge in [-0.2, -0.15) is 10.5 Å². The van der Waals surface area contributed by atoms with Crippen LogP contribution >= 0.6 is 31.9 Å². The molecule has 0 aliphatic rings. The van der Waals surface area contributed by atoms with Crippen LogP contribution in [0.3, 0.4) is 0 Å². The lowest BCUT2D eigenvalue weighted by Gasteiger charge is -2.19. The molecule has 5 aromatic rings. The first-order chi connectivity index (χ1) is 38.2. The highest BCUT2D eigenvalue weighted by Crippen LogP contribution is 2.14. The third kappa shape index (κ3) is 47.7. The van der Waals surface area contributed by atoms with Crippen molar-refractivity contribution < 1.29 is 38.0 Å². The number of carbonyl (C=O) groups excluding carboxylic acids is 2. The second-order valence-corrected chi connectivity index (χ2v) is 19.6. The van der Waals surface area contributed by atoms with E-state index in [0.717, 1.165) is 17.6 Å². The van der Waals surface area contributed by atoms with Crippen molar-refractivity contribution in [2.75, 3.05) is 93.1 Å². The molecule has 0 saturated heterocycles. The molecule has 0 unspecified atom stereocenters. The molecule has 0 spiro atoms. The number of halogens is 2. The topological polar surface area (TPSA) is 417 Å². The number of alkyl halides is 1. The zero-order valence-corrected chi connectivity index (χ0v) is 51.1. The maximum Gasteiger partial charge on any atom is 0.407 e. The Labute approximate surface area is 492 Å². The zero-order valence-electron chi connectivity index (χ0n) is 47.9. The first-order valence-electron chi connectivity index (χ1n) is 25.1. The van der Waals surface area contributed by atoms with E-state index >= 15 is 0 Å². The summed E-state index contributed by atoms with van der Waals surface area (Å²) in [6, 6.07) is 17.1. The number of nitrogens with one attached hydrogen (secondary N) is 4. The van der Waals surface area contributed by atoms with Crippen LogP contribution in [0.5, 0.6) is 23.0 Å². The van der Waals surface area contributed by atoms with E-state index in [1.165, 1.54) is 18.3 Å². The van der Waals surface area contributed by atoms with Crippen molar-refractivity contribution in [1.82, 2.24) is 45.8 Å². The summed E-state index contributed by atoms with van der Waals surface area (Å²) >= 11 is 5.64. The van der Waals surface area contributed by atoms with Crippen molar-refractivity contribution in [2.24, 2.45) is 5.73 Å². The highest BCUT2D eigenvalue weighted by molar-refractivity contribution is 9.12. The molecular weight excluding hydrogens is 1180 g/mol. The molecule has 0 aliphatic carbocycles. The van der Waals surface area contributed by atoms with Crippen molar-refractivity contribution in [1.29, 1.82) is 10.5 Å². The Balaban J connectivity index is 0. The predicted octanol–water partition coefficient (Wildman–Crippen LogP) is 6.57. The lowest BCUT2D eigenvalue weighted by atomic mass is 10.2. The first kappa shape index (κ1) is 75.0. The van der Waals surface area contributed by atoms with Crippen LogP contribution in [0.1, 0.15) is 69.2 Å². The van der Waals surface area contributed by atoms with E-state index in [9.17, 15) is 14.4 Å². The fourth-order valence-corrected chi connectivity index (χ4v) is 5.21. The molecule has 0 aromatic carbocycles. The first-order valence-corrected chi connectivity index (χ1v) is 27.0. The highest BCUT2D eigenvalue weighted by atomic mass is 79.9. The molecular formula is C53H83Br2N17O9. The van der Waals surface area contributed by atoms with Gasteiger partial charge in [0, 0.05) is 120 Å². The Morgan fingerprint density at radius 2 is 1.02 bits per heavy atom. The average molecular weight is 1260 g/mol. The van der Waals surface area contributed by atoms with Crippen LogP contribution in [0, 0.1) is 21.7 Å². The van der Waals surface area contributed by atoms with E-state index < -0.39 is 17.3 Å². The van der Waals surface area contributed by atoms with Gasteiger partial charge in [-0.15, -0.1) is 0 Å². The van der Waals surface area contributed by atoms with Gasteiger partial charge in [0.15, 0.2) is 11.6 Å². The summed E-state index contributed by atoms with van der Waals surface area (Å²) in [7, 11) is 0. The number of nitrogen functional groups attached to an aromatic ring is 5. The molecule has 5 aromatic heterocycles. The Morgan fingerprint density at radius 3 is 1.33 bits per heavy atom. The Kier molecular flexibility index (Phi) is 41.5. The van der Waals surface area contributed by atoms with Crippen LogP contribution in [-0.4, -0.2) is 130 Å². The number of rotatable bonds is 19. The van der Waals surface area contributed by atoms with Gasteiger partial charge in [0.1, 0.15) is 94.7 Å². The molecule has 0 bridgehead atoms. The van der Waals surface area contributed by atoms with Crippen LogP contribution in [0.25, 0.3) is 0 Å². The summed E-state index contributed by atoms with van der Waals surface area (Å²) < 4.78 is 31.5. The number of aromatic nitrogens is 5. The Hall–Kier alpha value is -8.05. The van der Waals surface area contributed by atoms with Crippen molar-refractivity contribution in [2.45, 2.75) is 92.5 Å². The van der Waals surface area contributed by atoms with Gasteiger partial charge in [-0.05, 0) is 79.7 Å². The van der Waals surface area contributed by atoms with Gasteiger partial charge >= 0.3 is 12.2 Å². The number of nitriles is 2. The molecule has 0 saturated carbocycles. The minimum Gasteiger partial charge on any atom is -0.492 e. The number of hydrogen-bond donors (Lipinski definition) is 10. The maximum absolute atomic E-state index is 11.3. The van der Waals surface area contributed by atoms with E-state index in [-0.39, 0.29) is 17.6 Å². The summed E-state index contributed by atoms with van der Waals surface area (Å²) in [5.74, 6) is 4.94. The van der Waals surface area contributed by atoms with E-state index in [1.54, 1.807) is 83.2 Å². The van der Waals surface area contributed by atoms with Gasteiger partial charge in [0.25, 0.3) is 0 Å². The minimum absolute atomic E-state index is 0.0683. The number of nitrogens with two attached hydrogens (primary N) is 6. The van der Waals surface area contributed by atoms with E-state index in [2.05, 4.69) is 92.8 Å². The number of pyridine rings is 5. The minimum atomic E-state index is -0.496. The van der Waals surface area contributed by atoms with Crippen LogP contribution < -0.4 is 74.7 Å². The van der Waals surface area contributed by atoms with Crippen molar-refractivity contribution >= 4 is 73.1 Å². The second-order valence-electron chi connectivity index (χ2n) is 18.5. The number of amides is 2. The second kappa shape index (κ2) is 44.8. The van der Waals surface area contributed by atoms with E-state index in [4.69, 9.17) is 73.3 Å². The molecule has 81 heavy (non-hydrogen) atoms. The largest absolute Gasteiger partial charge is 0.492 e. The van der Waals surface area contributed by atoms with E-state index in [0.29, 0.717) is 105 Å². The molecule has 28 heteroatoms. The lowest BCUT2D eigenvalue weighted by Crippen LogP contribution is -2.34. The van der Waals surface area contributed by atoms with Crippen LogP contribution in [0.2, 0.25) is 0 Å². The number of ether oxygens (including phenoxy) is 6. The van der Waals surface area contributed by atoms with Gasteiger partial charge in [0.05, 0.1) is 13.1 Å². The summed E-state index contributed by atoms with van der Waals surface area (Å²) in [4.78, 5) is 53.8. The van der Waals surface area contributed by atoms with Crippen LogP contribution in [0.4, 0.5) is 38.7 Å². The highest BCUT2D eigenvalue weighted by Gasteiger charge is 2.16. The maximum atomic E-state index is 11.3. The van der Waals surface area contributed by atoms with Gasteiger partial charge in [-0.1, -0.05) is 29.8 Å². The monoisotopic (exact) mass is 1260 g/mol. The van der Waals surface area contributed by atoms with Crippen LogP contribution in [-0.2, 0) is 9.47 Å². The zero-order chi connectivity index (χ0) is 61.7. The number of alkyl carbamates (subject to hydrolysis) is 2. The van der Waals surface area contributed by atoms with Crippen molar-refractivity contribution in [3.05, 3.63) is 102 Å². The normalized spacial score (nSPS) is 9.94. The quantitative estimate of drug-likeness (QED) is 0.0181. The number of H-pyrrole nitrogens is 1. The third-order valence-electron chi connectivity index (χ3n) is 8.27. The molecule has 26 nitrogen and oxygen atoms in total. The molecule has 5 heterocycles. The Morgan fingerprint density at radius 1 is 0.642 bits per heavy atom. The van der Waals surface area contributed by atoms with Gasteiger partial charge in [0.2, 0.25) is 0 Å². The standard InChI is InChI=1S/C12H19N3O3.C11H16N4O.C10H17N3O.C7H14BrNO2.C7H11N3O.C5H6N2O.CBrN/c1-12(2,3)18-11(16)15-6-7-17-9-4-5-14-10(13)8-9;1-9(2)15(8-12)5-6-16-10-3-4-14-11(13)7-10;1-8(2)12-5-6-14-9-3-4-13-10(11)7-9;1-7(2,3)11-6(10)9-5-4-8;8-2-4-11-6-1-3-10-7(9)5-6;6-5-3-4(8)1-2-7-5;2-1-3/h4-5,8H,6-7H2,1-3H3,(H2,13,14)(H,15,16);3-4,7,9H,5-6H2,1-2H3,(H2,13,14);3-4,7-8,12H,5-6H2,1-2H3,(H2,11,13);4-5H2,1-3H3,(H,9,10);1,3,5H,2,4,8H2,(H2,9,10);1-3H,(H3,6,7,8);. The van der Waals surface area contributed by atoms with Crippen molar-refractivity contribution in [3.63, 3.8) is 0 Å². The molecule has 5 rings (SSSR count). The molecule has 0 aliphatic heterocycles. The number of anilines is 5. The Bertz CT molecular complexity index is 2610. The lowest BCUT2D eigenvalue weighted by molar-refractivity contribution is 0.0513. The average Bonchev–Trinajstić information content (AvgIpc) is 3.37. The SMILES string of the molecule is CC(C)(C)OC(=O)NCCBr.CC(C)(C)OC(=O)NCCOc1ccnc(N)c1.CC(C)N(C#N)CCOc1ccnc(N)c1.CC(C)NCCOc1ccnc(N)c1.N#CBr.NCCOc1ccnc(N)c1.Nc1cc(=O)cc[nH]1. The van der Waals surface area contributed by atoms with Gasteiger partial charge < -0.3 is 88.7 Å². The number of aromatic amines is 1. The third-order valence-corrected chi connectivity index (χ3v) is 8.67. The number of carbonyl (C=O) groups is 2. The predicted molar refractivity (Wildman–Crippen MR) is 325 cm³/mol. The summed E-state index contributed by atoms with van der Waals surface area (Å²) in [6.07, 6.45) is 9.20. The van der Waals surface area contributed by atoms with Gasteiger partial charge in [-0.3, -0.25) is 4.79 Å². The summed E-state index contributed by atoms with van der Waals surface area (Å²) in [5.41, 5.74) is 31.4. The van der Waals surface area contributed by atoms with Gasteiger partial charge in [-0.25, -0.2) is 29.5 Å². The number of hydrogen-bond acceptors (Lipinski definition) is 23. The molecule has 0 fully saturated rings. The molecule has 2 amide bonds. The molecule has 448 valence electrons. The van der Waals surface area contributed by atoms with Crippen LogP contribution in [0.15, 0.2) is 96.4 Å². The van der Waals surface area contributed by atoms with Crippen molar-refractivity contribution in [3.8, 4) is 34.2 Å². The molecule has 16 N–H and O–H groups in total. The summed E-state index contributed by atoms with van der Waals surface area (Å²) in [6.45, 7) is 23.8. The molecule has 0 atom stereocenters. The number of nitrogens with zero attached hydrogens (tertiary/aromatic N) is 7. The smallest absolute Gasteiger partial charge is 0.407 e. The molecule has 0 radical (unpaired) electrons. The fraction of sp³-hybridized carbons (Fsp3) is 0.453. The summed E-state index contributed by atoms with van der Waals surface area (Å²) in [5, 5.41) is 25.2. The van der Waals surface area contributed by atoms with E-state index in [1.807, 2.05) is 55.4 Å².